The Morgan fingerprint density at radius 3 is 1.13 bits per heavy atom. The first kappa shape index (κ1) is 52.9. The third-order valence-corrected chi connectivity index (χ3v) is 11.4. The highest BCUT2D eigenvalue weighted by Crippen LogP contribution is 2.16. The monoisotopic (exact) mass is 766 g/mol. The van der Waals surface area contributed by atoms with Gasteiger partial charge in [-0.25, -0.2) is 0 Å². The Kier molecular flexibility index (Phi) is 43.6. The molecule has 1 amide bonds. The lowest BCUT2D eigenvalue weighted by atomic mass is 10.0. The van der Waals surface area contributed by atoms with Gasteiger partial charge in [0.2, 0.25) is 5.91 Å². The van der Waals surface area contributed by atoms with Crippen molar-refractivity contribution in [3.63, 3.8) is 0 Å². The standard InChI is InChI=1S/C48H95NO5/c1-3-5-7-9-11-13-15-17-18-19-20-22-26-30-34-38-42-48(53)54-43-39-35-31-27-23-25-29-33-37-41-47(52)49-45(44-50)46(51)40-36-32-28-24-21-16-14-12-10-8-6-4-2/h45-46,50-51H,3-44H2,1-2H3,(H,49,52). The smallest absolute Gasteiger partial charge is 0.305 e. The van der Waals surface area contributed by atoms with E-state index in [9.17, 15) is 19.8 Å². The van der Waals surface area contributed by atoms with Gasteiger partial charge in [0.1, 0.15) is 0 Å². The number of carbonyl (C=O) groups excluding carboxylic acids is 2. The maximum absolute atomic E-state index is 12.4. The van der Waals surface area contributed by atoms with Gasteiger partial charge in [-0.2, -0.15) is 0 Å². The predicted molar refractivity (Wildman–Crippen MR) is 232 cm³/mol. The Labute approximate surface area is 336 Å². The van der Waals surface area contributed by atoms with Crippen LogP contribution in [0, 0.1) is 0 Å². The number of ether oxygens (including phenoxy) is 1. The molecular formula is C48H95NO5. The van der Waals surface area contributed by atoms with Gasteiger partial charge in [-0.1, -0.05) is 232 Å². The Morgan fingerprint density at radius 2 is 0.759 bits per heavy atom. The Balaban J connectivity index is 3.45. The van der Waals surface area contributed by atoms with Gasteiger partial charge in [0.05, 0.1) is 25.4 Å². The van der Waals surface area contributed by atoms with Gasteiger partial charge in [0.15, 0.2) is 0 Å². The zero-order chi connectivity index (χ0) is 39.4. The van der Waals surface area contributed by atoms with E-state index in [2.05, 4.69) is 19.2 Å². The van der Waals surface area contributed by atoms with Crippen LogP contribution in [0.5, 0.6) is 0 Å². The number of rotatable bonds is 45. The maximum Gasteiger partial charge on any atom is 0.305 e. The van der Waals surface area contributed by atoms with Gasteiger partial charge in [-0.05, 0) is 25.7 Å². The minimum atomic E-state index is -0.678. The van der Waals surface area contributed by atoms with Crippen molar-refractivity contribution in [3.8, 4) is 0 Å². The van der Waals surface area contributed by atoms with Gasteiger partial charge >= 0.3 is 5.97 Å². The first-order valence-corrected chi connectivity index (χ1v) is 24.3. The Hall–Kier alpha value is -1.14. The molecule has 0 heterocycles. The highest BCUT2D eigenvalue weighted by Gasteiger charge is 2.20. The summed E-state index contributed by atoms with van der Waals surface area (Å²) >= 11 is 0. The van der Waals surface area contributed by atoms with E-state index in [0.29, 0.717) is 25.9 Å². The molecule has 0 spiro atoms. The van der Waals surface area contributed by atoms with Gasteiger partial charge in [0.25, 0.3) is 0 Å². The highest BCUT2D eigenvalue weighted by atomic mass is 16.5. The fourth-order valence-electron chi connectivity index (χ4n) is 7.64. The molecular weight excluding hydrogens is 671 g/mol. The average Bonchev–Trinajstić information content (AvgIpc) is 3.17. The second-order valence-corrected chi connectivity index (χ2v) is 16.8. The minimum Gasteiger partial charge on any atom is -0.466 e. The summed E-state index contributed by atoms with van der Waals surface area (Å²) in [5.41, 5.74) is 0. The molecule has 54 heavy (non-hydrogen) atoms. The number of esters is 1. The summed E-state index contributed by atoms with van der Waals surface area (Å²) in [6.07, 6.45) is 47.7. The lowest BCUT2D eigenvalue weighted by Crippen LogP contribution is -2.45. The number of hydrogen-bond acceptors (Lipinski definition) is 5. The van der Waals surface area contributed by atoms with Crippen molar-refractivity contribution in [2.45, 2.75) is 283 Å². The average molecular weight is 766 g/mol. The fraction of sp³-hybridized carbons (Fsp3) is 0.958. The van der Waals surface area contributed by atoms with Gasteiger partial charge in [-0.15, -0.1) is 0 Å². The van der Waals surface area contributed by atoms with Crippen molar-refractivity contribution in [3.05, 3.63) is 0 Å². The summed E-state index contributed by atoms with van der Waals surface area (Å²) in [7, 11) is 0. The van der Waals surface area contributed by atoms with Crippen LogP contribution in [0.2, 0.25) is 0 Å². The van der Waals surface area contributed by atoms with Crippen molar-refractivity contribution in [2.24, 2.45) is 0 Å². The van der Waals surface area contributed by atoms with Crippen LogP contribution in [0.4, 0.5) is 0 Å². The topological polar surface area (TPSA) is 95.9 Å². The number of hydrogen-bond donors (Lipinski definition) is 3. The molecule has 0 rings (SSSR count). The third kappa shape index (κ3) is 40.5. The largest absolute Gasteiger partial charge is 0.466 e. The summed E-state index contributed by atoms with van der Waals surface area (Å²) in [4.78, 5) is 24.4. The number of amides is 1. The number of nitrogens with one attached hydrogen (secondary N) is 1. The lowest BCUT2D eigenvalue weighted by molar-refractivity contribution is -0.143. The van der Waals surface area contributed by atoms with Crippen LogP contribution in [-0.4, -0.2) is 47.4 Å². The van der Waals surface area contributed by atoms with E-state index < -0.39 is 12.1 Å². The third-order valence-electron chi connectivity index (χ3n) is 11.4. The first-order chi connectivity index (χ1) is 26.5. The van der Waals surface area contributed by atoms with Crippen LogP contribution in [0.25, 0.3) is 0 Å². The van der Waals surface area contributed by atoms with Gasteiger partial charge in [-0.3, -0.25) is 9.59 Å². The van der Waals surface area contributed by atoms with E-state index >= 15 is 0 Å². The molecule has 0 aromatic carbocycles. The molecule has 0 aliphatic heterocycles. The number of carbonyl (C=O) groups is 2. The summed E-state index contributed by atoms with van der Waals surface area (Å²) in [6.45, 7) is 4.89. The minimum absolute atomic E-state index is 0.0214. The molecule has 0 radical (unpaired) electrons. The second-order valence-electron chi connectivity index (χ2n) is 16.8. The number of aliphatic hydroxyl groups excluding tert-OH is 2. The van der Waals surface area contributed by atoms with Crippen LogP contribution >= 0.6 is 0 Å². The summed E-state index contributed by atoms with van der Waals surface area (Å²) in [5, 5.41) is 23.1. The van der Waals surface area contributed by atoms with E-state index in [1.165, 1.54) is 180 Å². The molecule has 0 aromatic heterocycles. The van der Waals surface area contributed by atoms with Crippen LogP contribution in [0.15, 0.2) is 0 Å². The van der Waals surface area contributed by atoms with Crippen molar-refractivity contribution in [1.29, 1.82) is 0 Å². The van der Waals surface area contributed by atoms with E-state index in [-0.39, 0.29) is 18.5 Å². The van der Waals surface area contributed by atoms with Crippen molar-refractivity contribution < 1.29 is 24.5 Å². The van der Waals surface area contributed by atoms with Crippen molar-refractivity contribution >= 4 is 11.9 Å². The summed E-state index contributed by atoms with van der Waals surface area (Å²) < 4.78 is 5.45. The molecule has 0 aliphatic rings. The van der Waals surface area contributed by atoms with Crippen LogP contribution in [0.1, 0.15) is 271 Å². The molecule has 2 atom stereocenters. The molecule has 6 heteroatoms. The van der Waals surface area contributed by atoms with E-state index in [1.54, 1.807) is 0 Å². The van der Waals surface area contributed by atoms with Crippen LogP contribution in [-0.2, 0) is 14.3 Å². The van der Waals surface area contributed by atoms with E-state index in [0.717, 1.165) is 57.8 Å². The molecule has 6 nitrogen and oxygen atoms in total. The first-order valence-electron chi connectivity index (χ1n) is 24.3. The van der Waals surface area contributed by atoms with Crippen LogP contribution < -0.4 is 5.32 Å². The molecule has 0 aromatic rings. The molecule has 0 saturated heterocycles. The molecule has 322 valence electrons. The van der Waals surface area contributed by atoms with Crippen LogP contribution in [0.3, 0.4) is 0 Å². The zero-order valence-electron chi connectivity index (χ0n) is 36.5. The van der Waals surface area contributed by atoms with E-state index in [1.807, 2.05) is 0 Å². The molecule has 0 saturated carbocycles. The predicted octanol–water partition coefficient (Wildman–Crippen LogP) is 14.0. The SMILES string of the molecule is CCCCCCCCCCCCCCCCCCC(=O)OCCCCCCCCCCCC(=O)NC(CO)C(O)CCCCCCCCCCCCCC. The molecule has 0 aliphatic carbocycles. The Morgan fingerprint density at radius 1 is 0.444 bits per heavy atom. The van der Waals surface area contributed by atoms with Gasteiger partial charge < -0.3 is 20.3 Å². The summed E-state index contributed by atoms with van der Waals surface area (Å²) in [5.74, 6) is -0.0829. The quantitative estimate of drug-likeness (QED) is 0.0424. The van der Waals surface area contributed by atoms with E-state index in [4.69, 9.17) is 4.74 Å². The van der Waals surface area contributed by atoms with Crippen molar-refractivity contribution in [2.75, 3.05) is 13.2 Å². The molecule has 0 bridgehead atoms. The normalized spacial score (nSPS) is 12.6. The molecule has 2 unspecified atom stereocenters. The fourth-order valence-corrected chi connectivity index (χ4v) is 7.64. The number of aliphatic hydroxyl groups is 2. The lowest BCUT2D eigenvalue weighted by Gasteiger charge is -2.22. The van der Waals surface area contributed by atoms with Crippen molar-refractivity contribution in [1.82, 2.24) is 5.32 Å². The maximum atomic E-state index is 12.4. The second kappa shape index (κ2) is 44.6. The number of unbranched alkanes of at least 4 members (excludes halogenated alkanes) is 34. The molecule has 0 fully saturated rings. The Bertz CT molecular complexity index is 761. The molecule has 3 N–H and O–H groups in total. The zero-order valence-corrected chi connectivity index (χ0v) is 36.5. The van der Waals surface area contributed by atoms with Gasteiger partial charge in [0, 0.05) is 12.8 Å². The highest BCUT2D eigenvalue weighted by molar-refractivity contribution is 5.76. The summed E-state index contributed by atoms with van der Waals surface area (Å²) in [6, 6.07) is -0.558.